The number of aromatic amines is 1. The molecule has 0 unspecified atom stereocenters. The zero-order valence-corrected chi connectivity index (χ0v) is 13.5. The molecule has 0 atom stereocenters. The van der Waals surface area contributed by atoms with Crippen molar-refractivity contribution in [3.8, 4) is 0 Å². The number of nitrogens with one attached hydrogen (secondary N) is 1. The molecule has 0 saturated heterocycles. The molecular weight excluding hydrogens is 284 g/mol. The van der Waals surface area contributed by atoms with Crippen LogP contribution in [0.5, 0.6) is 0 Å². The van der Waals surface area contributed by atoms with Crippen LogP contribution in [-0.2, 0) is 6.42 Å². The summed E-state index contributed by atoms with van der Waals surface area (Å²) in [6, 6.07) is 5.80. The summed E-state index contributed by atoms with van der Waals surface area (Å²) >= 11 is 6.10. The van der Waals surface area contributed by atoms with Crippen molar-refractivity contribution >= 4 is 27.7 Å². The Kier molecular flexibility index (Phi) is 5.18. The highest BCUT2D eigenvalue weighted by Crippen LogP contribution is 2.16. The van der Waals surface area contributed by atoms with Gasteiger partial charge in [-0.05, 0) is 38.3 Å². The van der Waals surface area contributed by atoms with Crippen LogP contribution in [0.3, 0.4) is 0 Å². The fourth-order valence-electron chi connectivity index (χ4n) is 2.46. The number of halogens is 1. The summed E-state index contributed by atoms with van der Waals surface area (Å²) in [7, 11) is 0. The molecule has 0 saturated carbocycles. The van der Waals surface area contributed by atoms with Crippen LogP contribution in [0.25, 0.3) is 10.9 Å². The zero-order valence-electron chi connectivity index (χ0n) is 12.8. The summed E-state index contributed by atoms with van der Waals surface area (Å²) < 4.78 is 0. The second kappa shape index (κ2) is 6.90. The number of nitrogens with zero attached hydrogens (tertiary/aromatic N) is 1. The van der Waals surface area contributed by atoms with Gasteiger partial charge in [-0.1, -0.05) is 30.7 Å². The molecule has 1 heterocycles. The van der Waals surface area contributed by atoms with Gasteiger partial charge < -0.3 is 4.98 Å². The van der Waals surface area contributed by atoms with Crippen molar-refractivity contribution in [3.05, 3.63) is 45.2 Å². The van der Waals surface area contributed by atoms with Crippen molar-refractivity contribution in [1.82, 2.24) is 4.98 Å². The molecule has 1 aromatic heterocycles. The minimum Gasteiger partial charge on any atom is -0.358 e. The topological polar surface area (TPSA) is 45.2 Å². The van der Waals surface area contributed by atoms with Gasteiger partial charge in [0, 0.05) is 29.6 Å². The number of rotatable bonds is 5. The minimum absolute atomic E-state index is 0.102. The number of hydrogen-bond donors (Lipinski definition) is 1. The van der Waals surface area contributed by atoms with E-state index in [0.29, 0.717) is 18.0 Å². The maximum atomic E-state index is 12.6. The second-order valence-corrected chi connectivity index (χ2v) is 5.75. The Morgan fingerprint density at radius 1 is 1.33 bits per heavy atom. The third-order valence-electron chi connectivity index (χ3n) is 3.64. The van der Waals surface area contributed by atoms with Crippen molar-refractivity contribution in [2.75, 3.05) is 6.54 Å². The van der Waals surface area contributed by atoms with Crippen LogP contribution in [0.15, 0.2) is 28.0 Å². The van der Waals surface area contributed by atoms with Crippen molar-refractivity contribution in [2.45, 2.75) is 40.0 Å². The third-order valence-corrected chi connectivity index (χ3v) is 3.95. The van der Waals surface area contributed by atoms with Gasteiger partial charge in [0.1, 0.15) is 5.17 Å². The molecule has 3 nitrogen and oxygen atoms in total. The number of aromatic nitrogens is 1. The number of aryl methyl sites for hydroxylation is 2. The van der Waals surface area contributed by atoms with E-state index in [0.717, 1.165) is 40.7 Å². The van der Waals surface area contributed by atoms with Gasteiger partial charge in [0.05, 0.1) is 5.52 Å². The van der Waals surface area contributed by atoms with Crippen LogP contribution in [0, 0.1) is 13.8 Å². The molecule has 0 radical (unpaired) electrons. The first kappa shape index (κ1) is 15.8. The monoisotopic (exact) mass is 304 g/mol. The Morgan fingerprint density at radius 2 is 2.10 bits per heavy atom. The SMILES string of the molecule is CCCN=C(Cl)CCc1c(C)[nH]c2c(C)cccc2c1=O. The van der Waals surface area contributed by atoms with E-state index in [2.05, 4.69) is 16.9 Å². The molecule has 0 spiro atoms. The van der Waals surface area contributed by atoms with E-state index in [1.807, 2.05) is 32.0 Å². The summed E-state index contributed by atoms with van der Waals surface area (Å²) in [6.45, 7) is 6.75. The Hall–Kier alpha value is -1.61. The number of fused-ring (bicyclic) bond motifs is 1. The molecule has 112 valence electrons. The lowest BCUT2D eigenvalue weighted by molar-refractivity contribution is 0.919. The van der Waals surface area contributed by atoms with Crippen molar-refractivity contribution in [1.29, 1.82) is 0 Å². The van der Waals surface area contributed by atoms with Crippen LogP contribution >= 0.6 is 11.6 Å². The fourth-order valence-corrected chi connectivity index (χ4v) is 2.64. The second-order valence-electron chi connectivity index (χ2n) is 5.31. The van der Waals surface area contributed by atoms with Crippen LogP contribution in [0.4, 0.5) is 0 Å². The molecule has 0 aliphatic carbocycles. The molecule has 2 rings (SSSR count). The molecule has 0 amide bonds. The number of H-pyrrole nitrogens is 1. The molecule has 1 aromatic carbocycles. The van der Waals surface area contributed by atoms with E-state index >= 15 is 0 Å². The third kappa shape index (κ3) is 3.53. The van der Waals surface area contributed by atoms with Gasteiger partial charge in [0.25, 0.3) is 0 Å². The minimum atomic E-state index is 0.102. The first-order valence-corrected chi connectivity index (χ1v) is 7.72. The maximum absolute atomic E-state index is 12.6. The molecular formula is C17H21ClN2O. The molecule has 21 heavy (non-hydrogen) atoms. The average molecular weight is 305 g/mol. The van der Waals surface area contributed by atoms with Gasteiger partial charge in [0.15, 0.2) is 5.43 Å². The van der Waals surface area contributed by atoms with Gasteiger partial charge in [0.2, 0.25) is 0 Å². The normalized spacial score (nSPS) is 12.1. The molecule has 0 bridgehead atoms. The number of benzene rings is 1. The van der Waals surface area contributed by atoms with Crippen molar-refractivity contribution in [2.24, 2.45) is 4.99 Å². The Balaban J connectivity index is 2.35. The summed E-state index contributed by atoms with van der Waals surface area (Å²) in [6.07, 6.45) is 2.21. The Morgan fingerprint density at radius 3 is 2.81 bits per heavy atom. The quantitative estimate of drug-likeness (QED) is 0.830. The standard InChI is InChI=1S/C17H21ClN2O/c1-4-10-19-15(18)9-8-13-12(3)20-16-11(2)6-5-7-14(16)17(13)21/h5-7H,4,8-10H2,1-3H3,(H,20,21). The van der Waals surface area contributed by atoms with Gasteiger partial charge in [-0.2, -0.15) is 0 Å². The summed E-state index contributed by atoms with van der Waals surface area (Å²) in [5.74, 6) is 0. The van der Waals surface area contributed by atoms with Gasteiger partial charge in [-0.25, -0.2) is 0 Å². The van der Waals surface area contributed by atoms with Gasteiger partial charge in [-0.3, -0.25) is 9.79 Å². The van der Waals surface area contributed by atoms with Crippen LogP contribution in [0.1, 0.15) is 36.6 Å². The van der Waals surface area contributed by atoms with Gasteiger partial charge in [-0.15, -0.1) is 0 Å². The lowest BCUT2D eigenvalue weighted by Crippen LogP contribution is -2.14. The molecule has 0 fully saturated rings. The summed E-state index contributed by atoms with van der Waals surface area (Å²) in [4.78, 5) is 20.2. The van der Waals surface area contributed by atoms with E-state index in [1.54, 1.807) is 0 Å². The van der Waals surface area contributed by atoms with E-state index < -0.39 is 0 Å². The lowest BCUT2D eigenvalue weighted by atomic mass is 10.0. The summed E-state index contributed by atoms with van der Waals surface area (Å²) in [5.41, 5.74) is 3.83. The fraction of sp³-hybridized carbons (Fsp3) is 0.412. The lowest BCUT2D eigenvalue weighted by Gasteiger charge is -2.09. The number of para-hydroxylation sites is 1. The number of pyridine rings is 1. The van der Waals surface area contributed by atoms with Crippen LogP contribution in [0.2, 0.25) is 0 Å². The predicted molar refractivity (Wildman–Crippen MR) is 90.8 cm³/mol. The number of aliphatic imine (C=N–C) groups is 1. The molecule has 4 heteroatoms. The van der Waals surface area contributed by atoms with Crippen molar-refractivity contribution in [3.63, 3.8) is 0 Å². The maximum Gasteiger partial charge on any atom is 0.192 e. The highest BCUT2D eigenvalue weighted by molar-refractivity contribution is 6.65. The largest absolute Gasteiger partial charge is 0.358 e. The highest BCUT2D eigenvalue weighted by atomic mass is 35.5. The molecule has 2 aromatic rings. The van der Waals surface area contributed by atoms with E-state index in [9.17, 15) is 4.79 Å². The average Bonchev–Trinajstić information content (AvgIpc) is 2.46. The first-order valence-electron chi connectivity index (χ1n) is 7.34. The molecule has 0 aliphatic heterocycles. The Labute approximate surface area is 130 Å². The van der Waals surface area contributed by atoms with E-state index in [1.165, 1.54) is 0 Å². The van der Waals surface area contributed by atoms with E-state index in [4.69, 9.17) is 11.6 Å². The summed E-state index contributed by atoms with van der Waals surface area (Å²) in [5, 5.41) is 1.34. The first-order chi connectivity index (χ1) is 10.0. The predicted octanol–water partition coefficient (Wildman–Crippen LogP) is 4.12. The van der Waals surface area contributed by atoms with Crippen LogP contribution in [-0.4, -0.2) is 16.7 Å². The Bertz CT molecular complexity index is 731. The van der Waals surface area contributed by atoms with E-state index in [-0.39, 0.29) is 5.43 Å². The number of hydrogen-bond acceptors (Lipinski definition) is 2. The molecule has 1 N–H and O–H groups in total. The highest BCUT2D eigenvalue weighted by Gasteiger charge is 2.11. The van der Waals surface area contributed by atoms with Crippen molar-refractivity contribution < 1.29 is 0 Å². The van der Waals surface area contributed by atoms with Gasteiger partial charge >= 0.3 is 0 Å². The molecule has 0 aliphatic rings. The smallest absolute Gasteiger partial charge is 0.192 e. The van der Waals surface area contributed by atoms with Crippen LogP contribution < -0.4 is 5.43 Å². The zero-order chi connectivity index (χ0) is 15.4.